The molecule has 1 saturated heterocycles. The number of ether oxygens (including phenoxy) is 1. The van der Waals surface area contributed by atoms with Gasteiger partial charge in [0.25, 0.3) is 0 Å². The van der Waals surface area contributed by atoms with E-state index < -0.39 is 0 Å². The maximum absolute atomic E-state index is 11.0. The Morgan fingerprint density at radius 2 is 2.21 bits per heavy atom. The van der Waals surface area contributed by atoms with Crippen LogP contribution in [0.1, 0.15) is 25.7 Å². The molecule has 0 aromatic rings. The number of hydrogen-bond acceptors (Lipinski definition) is 4. The molecule has 2 atom stereocenters. The summed E-state index contributed by atoms with van der Waals surface area (Å²) >= 11 is 0. The summed E-state index contributed by atoms with van der Waals surface area (Å²) in [6.45, 7) is 2.01. The monoisotopic (exact) mass is 200 g/mol. The first-order valence-electron chi connectivity index (χ1n) is 5.27. The van der Waals surface area contributed by atoms with Crippen molar-refractivity contribution in [1.82, 2.24) is 5.32 Å². The van der Waals surface area contributed by atoms with Gasteiger partial charge < -0.3 is 15.8 Å². The summed E-state index contributed by atoms with van der Waals surface area (Å²) in [4.78, 5) is 11.0. The highest BCUT2D eigenvalue weighted by atomic mass is 16.5. The summed E-state index contributed by atoms with van der Waals surface area (Å²) < 4.78 is 4.61. The Bertz CT molecular complexity index is 185. The van der Waals surface area contributed by atoms with Crippen LogP contribution in [-0.2, 0) is 9.53 Å². The molecule has 1 fully saturated rings. The van der Waals surface area contributed by atoms with Crippen molar-refractivity contribution in [3.8, 4) is 0 Å². The summed E-state index contributed by atoms with van der Waals surface area (Å²) in [5.74, 6) is 0.332. The number of methoxy groups -OCH3 is 1. The van der Waals surface area contributed by atoms with Crippen molar-refractivity contribution >= 4 is 5.97 Å². The van der Waals surface area contributed by atoms with Crippen molar-refractivity contribution in [3.05, 3.63) is 0 Å². The molecular weight excluding hydrogens is 180 g/mol. The molecule has 1 aliphatic heterocycles. The third kappa shape index (κ3) is 3.64. The molecule has 1 heterocycles. The third-order valence-electron chi connectivity index (χ3n) is 2.90. The molecule has 0 aromatic heterocycles. The summed E-state index contributed by atoms with van der Waals surface area (Å²) in [5, 5.41) is 3.31. The molecule has 0 radical (unpaired) electrons. The normalized spacial score (nSPS) is 28.1. The van der Waals surface area contributed by atoms with Gasteiger partial charge in [0.2, 0.25) is 0 Å². The van der Waals surface area contributed by atoms with E-state index in [-0.39, 0.29) is 12.0 Å². The number of carbonyl (C=O) groups is 1. The molecule has 4 heteroatoms. The first-order valence-corrected chi connectivity index (χ1v) is 5.27. The van der Waals surface area contributed by atoms with E-state index in [9.17, 15) is 4.79 Å². The number of carbonyl (C=O) groups excluding carboxylic acids is 1. The van der Waals surface area contributed by atoms with E-state index in [0.29, 0.717) is 12.3 Å². The van der Waals surface area contributed by atoms with E-state index in [1.807, 2.05) is 0 Å². The van der Waals surface area contributed by atoms with Crippen LogP contribution in [0.25, 0.3) is 0 Å². The van der Waals surface area contributed by atoms with E-state index in [2.05, 4.69) is 10.1 Å². The van der Waals surface area contributed by atoms with Gasteiger partial charge in [0.1, 0.15) is 0 Å². The molecule has 1 aliphatic rings. The lowest BCUT2D eigenvalue weighted by molar-refractivity contribution is -0.141. The maximum atomic E-state index is 11.0. The minimum atomic E-state index is -0.130. The van der Waals surface area contributed by atoms with Crippen LogP contribution >= 0.6 is 0 Å². The van der Waals surface area contributed by atoms with E-state index in [4.69, 9.17) is 5.73 Å². The molecule has 0 aliphatic carbocycles. The summed E-state index contributed by atoms with van der Waals surface area (Å²) in [7, 11) is 1.43. The molecule has 0 aromatic carbocycles. The SMILES string of the molecule is COC(=O)CC[C@H]1CCNCC[C@@H]1N. The van der Waals surface area contributed by atoms with E-state index in [1.54, 1.807) is 0 Å². The zero-order chi connectivity index (χ0) is 10.4. The van der Waals surface area contributed by atoms with Crippen LogP contribution in [-0.4, -0.2) is 32.2 Å². The van der Waals surface area contributed by atoms with Crippen LogP contribution in [0.3, 0.4) is 0 Å². The minimum absolute atomic E-state index is 0.130. The predicted molar refractivity (Wildman–Crippen MR) is 54.8 cm³/mol. The zero-order valence-corrected chi connectivity index (χ0v) is 8.79. The lowest BCUT2D eigenvalue weighted by Crippen LogP contribution is -2.30. The smallest absolute Gasteiger partial charge is 0.305 e. The lowest BCUT2D eigenvalue weighted by Gasteiger charge is -2.19. The Balaban J connectivity index is 2.29. The van der Waals surface area contributed by atoms with Crippen molar-refractivity contribution in [3.63, 3.8) is 0 Å². The molecule has 0 amide bonds. The van der Waals surface area contributed by atoms with Gasteiger partial charge in [-0.25, -0.2) is 0 Å². The van der Waals surface area contributed by atoms with Gasteiger partial charge in [-0.1, -0.05) is 0 Å². The molecule has 1 rings (SSSR count). The van der Waals surface area contributed by atoms with Crippen molar-refractivity contribution in [2.24, 2.45) is 11.7 Å². The number of nitrogens with one attached hydrogen (secondary N) is 1. The fourth-order valence-corrected chi connectivity index (χ4v) is 1.89. The number of rotatable bonds is 3. The van der Waals surface area contributed by atoms with Gasteiger partial charge in [0.15, 0.2) is 0 Å². The maximum Gasteiger partial charge on any atom is 0.305 e. The van der Waals surface area contributed by atoms with Crippen LogP contribution in [0.5, 0.6) is 0 Å². The van der Waals surface area contributed by atoms with Gasteiger partial charge in [0.05, 0.1) is 7.11 Å². The van der Waals surface area contributed by atoms with Crippen molar-refractivity contribution in [1.29, 1.82) is 0 Å². The molecule has 0 spiro atoms. The van der Waals surface area contributed by atoms with Crippen LogP contribution < -0.4 is 11.1 Å². The Hall–Kier alpha value is -0.610. The standard InChI is InChI=1S/C10H20N2O2/c1-14-10(13)3-2-8-4-6-12-7-5-9(8)11/h8-9,12H,2-7,11H2,1H3/t8-,9-/m0/s1. The summed E-state index contributed by atoms with van der Waals surface area (Å²) in [6, 6.07) is 0.231. The Labute approximate surface area is 85.2 Å². The predicted octanol–water partition coefficient (Wildman–Crippen LogP) is 0.267. The Morgan fingerprint density at radius 3 is 2.93 bits per heavy atom. The first-order chi connectivity index (χ1) is 6.74. The van der Waals surface area contributed by atoms with Crippen LogP contribution in [0.4, 0.5) is 0 Å². The fourth-order valence-electron chi connectivity index (χ4n) is 1.89. The molecular formula is C10H20N2O2. The highest BCUT2D eigenvalue weighted by molar-refractivity contribution is 5.69. The van der Waals surface area contributed by atoms with Crippen molar-refractivity contribution in [2.75, 3.05) is 20.2 Å². The van der Waals surface area contributed by atoms with Crippen molar-refractivity contribution < 1.29 is 9.53 Å². The average molecular weight is 200 g/mol. The van der Waals surface area contributed by atoms with E-state index >= 15 is 0 Å². The first kappa shape index (κ1) is 11.5. The van der Waals surface area contributed by atoms with Gasteiger partial charge in [-0.05, 0) is 38.3 Å². The molecule has 3 N–H and O–H groups in total. The summed E-state index contributed by atoms with van der Waals surface area (Å²) in [5.41, 5.74) is 6.01. The van der Waals surface area contributed by atoms with Gasteiger partial charge in [-0.3, -0.25) is 4.79 Å². The highest BCUT2D eigenvalue weighted by Crippen LogP contribution is 2.18. The lowest BCUT2D eigenvalue weighted by atomic mass is 9.91. The quantitative estimate of drug-likeness (QED) is 0.642. The fraction of sp³-hybridized carbons (Fsp3) is 0.900. The van der Waals surface area contributed by atoms with Gasteiger partial charge in [0, 0.05) is 12.5 Å². The topological polar surface area (TPSA) is 64.3 Å². The second-order valence-electron chi connectivity index (χ2n) is 3.87. The average Bonchev–Trinajstić information content (AvgIpc) is 2.39. The van der Waals surface area contributed by atoms with Crippen LogP contribution in [0.15, 0.2) is 0 Å². The van der Waals surface area contributed by atoms with Gasteiger partial charge in [-0.2, -0.15) is 0 Å². The third-order valence-corrected chi connectivity index (χ3v) is 2.90. The molecule has 0 bridgehead atoms. The number of hydrogen-bond donors (Lipinski definition) is 2. The molecule has 14 heavy (non-hydrogen) atoms. The second kappa shape index (κ2) is 5.98. The molecule has 0 unspecified atom stereocenters. The number of nitrogens with two attached hydrogens (primary N) is 1. The zero-order valence-electron chi connectivity index (χ0n) is 8.79. The molecule has 0 saturated carbocycles. The van der Waals surface area contributed by atoms with E-state index in [1.165, 1.54) is 7.11 Å². The molecule has 4 nitrogen and oxygen atoms in total. The minimum Gasteiger partial charge on any atom is -0.469 e. The highest BCUT2D eigenvalue weighted by Gasteiger charge is 2.20. The largest absolute Gasteiger partial charge is 0.469 e. The van der Waals surface area contributed by atoms with Gasteiger partial charge in [-0.15, -0.1) is 0 Å². The summed E-state index contributed by atoms with van der Waals surface area (Å²) in [6.07, 6.45) is 3.42. The van der Waals surface area contributed by atoms with Crippen molar-refractivity contribution in [2.45, 2.75) is 31.7 Å². The van der Waals surface area contributed by atoms with Gasteiger partial charge >= 0.3 is 5.97 Å². The second-order valence-corrected chi connectivity index (χ2v) is 3.87. The van der Waals surface area contributed by atoms with E-state index in [0.717, 1.165) is 32.4 Å². The number of esters is 1. The Morgan fingerprint density at radius 1 is 1.50 bits per heavy atom. The van der Waals surface area contributed by atoms with Crippen LogP contribution in [0.2, 0.25) is 0 Å². The van der Waals surface area contributed by atoms with Crippen LogP contribution in [0, 0.1) is 5.92 Å². The molecule has 82 valence electrons. The Kier molecular flexibility index (Phi) is 4.90.